The van der Waals surface area contributed by atoms with Gasteiger partial charge in [-0.25, -0.2) is 0 Å². The van der Waals surface area contributed by atoms with Crippen molar-refractivity contribution in [2.24, 2.45) is 0 Å². The number of rotatable bonds is 8. The van der Waals surface area contributed by atoms with Crippen LogP contribution in [-0.4, -0.2) is 19.3 Å². The van der Waals surface area contributed by atoms with Crippen LogP contribution in [0.4, 0.5) is 0 Å². The summed E-state index contributed by atoms with van der Waals surface area (Å²) in [6, 6.07) is 21.5. The predicted molar refractivity (Wildman–Crippen MR) is 107 cm³/mol. The van der Waals surface area contributed by atoms with Crippen LogP contribution in [0.2, 0.25) is 19.6 Å². The number of aliphatic hydroxyl groups excluding tert-OH is 1. The molecule has 2 heteroatoms. The fraction of sp³-hybridized carbons (Fsp3) is 0.455. The third-order valence-corrected chi connectivity index (χ3v) is 7.46. The first kappa shape index (κ1) is 18.9. The molecule has 24 heavy (non-hydrogen) atoms. The summed E-state index contributed by atoms with van der Waals surface area (Å²) < 4.78 is 0. The van der Waals surface area contributed by atoms with E-state index < -0.39 is 8.07 Å². The van der Waals surface area contributed by atoms with Crippen molar-refractivity contribution in [2.75, 3.05) is 0 Å². The normalized spacial score (nSPS) is 15.7. The minimum atomic E-state index is -1.54. The van der Waals surface area contributed by atoms with Gasteiger partial charge in [0.05, 0.1) is 14.2 Å². The van der Waals surface area contributed by atoms with E-state index in [1.54, 1.807) is 0 Å². The van der Waals surface area contributed by atoms with E-state index in [4.69, 9.17) is 0 Å². The quantitative estimate of drug-likeness (QED) is 0.586. The summed E-state index contributed by atoms with van der Waals surface area (Å²) in [7, 11) is -1.54. The van der Waals surface area contributed by atoms with Gasteiger partial charge in [0.1, 0.15) is 0 Å². The minimum Gasteiger partial charge on any atom is -0.392 e. The second kappa shape index (κ2) is 8.64. The lowest BCUT2D eigenvalue weighted by Crippen LogP contribution is -2.39. The maximum atomic E-state index is 11.1. The molecule has 2 aromatic carbocycles. The highest BCUT2D eigenvalue weighted by Gasteiger charge is 2.39. The van der Waals surface area contributed by atoms with Gasteiger partial charge in [-0.05, 0) is 23.1 Å². The number of aliphatic hydroxyl groups is 1. The van der Waals surface area contributed by atoms with E-state index >= 15 is 0 Å². The molecule has 0 amide bonds. The highest BCUT2D eigenvalue weighted by Crippen LogP contribution is 2.43. The Balaban J connectivity index is 2.49. The largest absolute Gasteiger partial charge is 0.392 e. The Labute approximate surface area is 148 Å². The van der Waals surface area contributed by atoms with Gasteiger partial charge in [-0.2, -0.15) is 0 Å². The van der Waals surface area contributed by atoms with Crippen LogP contribution in [0, 0.1) is 0 Å². The van der Waals surface area contributed by atoms with Gasteiger partial charge in [-0.15, -0.1) is 0 Å². The van der Waals surface area contributed by atoms with Gasteiger partial charge >= 0.3 is 0 Å². The maximum Gasteiger partial charge on any atom is 0.0611 e. The SMILES string of the molecule is CCCCC(O)C(c1ccccc1)C(c1ccccc1)[Si](C)(C)C. The summed E-state index contributed by atoms with van der Waals surface area (Å²) in [5.41, 5.74) is 3.06. The number of benzene rings is 2. The van der Waals surface area contributed by atoms with Crippen LogP contribution in [0.25, 0.3) is 0 Å². The predicted octanol–water partition coefficient (Wildman–Crippen LogP) is 5.98. The number of hydrogen-bond acceptors (Lipinski definition) is 1. The monoisotopic (exact) mass is 340 g/mol. The molecule has 0 heterocycles. The molecule has 0 aliphatic rings. The standard InChI is InChI=1S/C22H32OSi/c1-5-6-17-20(23)21(18-13-9-7-10-14-18)22(24(2,3)4)19-15-11-8-12-16-19/h7-16,20-23H,5-6,17H2,1-4H3. The fourth-order valence-electron chi connectivity index (χ4n) is 3.81. The lowest BCUT2D eigenvalue weighted by atomic mass is 9.84. The zero-order valence-corrected chi connectivity index (χ0v) is 16.6. The molecular formula is C22H32OSi. The van der Waals surface area contributed by atoms with Crippen LogP contribution in [0.3, 0.4) is 0 Å². The van der Waals surface area contributed by atoms with Gasteiger partial charge in [-0.1, -0.05) is 100 Å². The van der Waals surface area contributed by atoms with E-state index in [0.717, 1.165) is 19.3 Å². The molecule has 0 aliphatic heterocycles. The Morgan fingerprint density at radius 2 is 1.33 bits per heavy atom. The molecule has 0 fully saturated rings. The van der Waals surface area contributed by atoms with Gasteiger partial charge < -0.3 is 5.11 Å². The molecule has 2 aromatic rings. The third kappa shape index (κ3) is 4.81. The van der Waals surface area contributed by atoms with Crippen molar-refractivity contribution < 1.29 is 5.11 Å². The highest BCUT2D eigenvalue weighted by molar-refractivity contribution is 6.77. The molecule has 2 rings (SSSR count). The van der Waals surface area contributed by atoms with E-state index in [9.17, 15) is 5.11 Å². The first-order valence-corrected chi connectivity index (χ1v) is 12.8. The molecule has 0 aliphatic carbocycles. The Kier molecular flexibility index (Phi) is 6.82. The smallest absolute Gasteiger partial charge is 0.0611 e. The van der Waals surface area contributed by atoms with Crippen LogP contribution >= 0.6 is 0 Å². The molecule has 130 valence electrons. The summed E-state index contributed by atoms with van der Waals surface area (Å²) in [5, 5.41) is 11.1. The van der Waals surface area contributed by atoms with E-state index in [1.807, 2.05) is 0 Å². The summed E-state index contributed by atoms with van der Waals surface area (Å²) in [4.78, 5) is 0. The summed E-state index contributed by atoms with van der Waals surface area (Å²) in [6.07, 6.45) is 2.80. The van der Waals surface area contributed by atoms with Crippen LogP contribution in [0.5, 0.6) is 0 Å². The Hall–Kier alpha value is -1.38. The van der Waals surface area contributed by atoms with Crippen molar-refractivity contribution in [2.45, 2.75) is 63.4 Å². The Morgan fingerprint density at radius 1 is 0.833 bits per heavy atom. The van der Waals surface area contributed by atoms with Gasteiger partial charge in [-0.3, -0.25) is 0 Å². The van der Waals surface area contributed by atoms with Crippen LogP contribution < -0.4 is 0 Å². The summed E-state index contributed by atoms with van der Waals surface area (Å²) in [5.74, 6) is 0.173. The van der Waals surface area contributed by atoms with Crippen LogP contribution in [0.1, 0.15) is 48.8 Å². The summed E-state index contributed by atoms with van der Waals surface area (Å²) in [6.45, 7) is 9.46. The van der Waals surface area contributed by atoms with E-state index in [-0.39, 0.29) is 12.0 Å². The van der Waals surface area contributed by atoms with E-state index in [2.05, 4.69) is 87.2 Å². The minimum absolute atomic E-state index is 0.173. The van der Waals surface area contributed by atoms with Gasteiger partial charge in [0.2, 0.25) is 0 Å². The fourth-order valence-corrected chi connectivity index (χ4v) is 6.50. The first-order valence-electron chi connectivity index (χ1n) is 9.23. The van der Waals surface area contributed by atoms with Gasteiger partial charge in [0.15, 0.2) is 0 Å². The number of unbranched alkanes of at least 4 members (excludes halogenated alkanes) is 1. The summed E-state index contributed by atoms with van der Waals surface area (Å²) >= 11 is 0. The third-order valence-electron chi connectivity index (χ3n) is 4.90. The lowest BCUT2D eigenvalue weighted by Gasteiger charge is -2.39. The molecule has 0 spiro atoms. The average Bonchev–Trinajstić information content (AvgIpc) is 2.58. The molecular weight excluding hydrogens is 308 g/mol. The zero-order chi connectivity index (χ0) is 17.6. The molecule has 0 bridgehead atoms. The molecule has 1 nitrogen and oxygen atoms in total. The van der Waals surface area contributed by atoms with Gasteiger partial charge in [0, 0.05) is 5.92 Å². The molecule has 0 saturated heterocycles. The Bertz CT molecular complexity index is 588. The highest BCUT2D eigenvalue weighted by atomic mass is 28.3. The molecule has 0 saturated carbocycles. The molecule has 3 unspecified atom stereocenters. The van der Waals surface area contributed by atoms with E-state index in [0.29, 0.717) is 5.54 Å². The van der Waals surface area contributed by atoms with Crippen molar-refractivity contribution in [3.63, 3.8) is 0 Å². The average molecular weight is 341 g/mol. The Morgan fingerprint density at radius 3 is 1.79 bits per heavy atom. The zero-order valence-electron chi connectivity index (χ0n) is 15.6. The maximum absolute atomic E-state index is 11.1. The van der Waals surface area contributed by atoms with Gasteiger partial charge in [0.25, 0.3) is 0 Å². The van der Waals surface area contributed by atoms with E-state index in [1.165, 1.54) is 11.1 Å². The van der Waals surface area contributed by atoms with Crippen molar-refractivity contribution in [3.8, 4) is 0 Å². The van der Waals surface area contributed by atoms with Crippen molar-refractivity contribution in [1.82, 2.24) is 0 Å². The van der Waals surface area contributed by atoms with Crippen molar-refractivity contribution in [1.29, 1.82) is 0 Å². The number of hydrogen-bond donors (Lipinski definition) is 1. The first-order chi connectivity index (χ1) is 11.4. The molecule has 0 radical (unpaired) electrons. The topological polar surface area (TPSA) is 20.2 Å². The molecule has 0 aromatic heterocycles. The second-order valence-corrected chi connectivity index (χ2v) is 13.3. The van der Waals surface area contributed by atoms with Crippen LogP contribution in [0.15, 0.2) is 60.7 Å². The molecule has 3 atom stereocenters. The second-order valence-electron chi connectivity index (χ2n) is 7.90. The lowest BCUT2D eigenvalue weighted by molar-refractivity contribution is 0.126. The van der Waals surface area contributed by atoms with Crippen molar-refractivity contribution in [3.05, 3.63) is 71.8 Å². The van der Waals surface area contributed by atoms with Crippen LogP contribution in [-0.2, 0) is 0 Å². The van der Waals surface area contributed by atoms with Crippen molar-refractivity contribution >= 4 is 8.07 Å². The molecule has 1 N–H and O–H groups in total.